The molecule has 1 heterocycles. The quantitative estimate of drug-likeness (QED) is 0.718. The minimum absolute atomic E-state index is 0.0340. The SMILES string of the molecule is C=C(C)C1=C(/C=C\C)C(=O)N(CC(=O)NCC(C)/C(Cl)=C\C)C1=O. The van der Waals surface area contributed by atoms with Crippen LogP contribution in [0, 0.1) is 5.92 Å². The number of hydrogen-bond donors (Lipinski definition) is 1. The van der Waals surface area contributed by atoms with Crippen LogP contribution in [0.2, 0.25) is 0 Å². The Balaban J connectivity index is 2.80. The molecule has 6 heteroatoms. The Morgan fingerprint density at radius 3 is 2.46 bits per heavy atom. The third-order valence-electron chi connectivity index (χ3n) is 3.62. The van der Waals surface area contributed by atoms with Gasteiger partial charge in [0.05, 0.1) is 11.1 Å². The summed E-state index contributed by atoms with van der Waals surface area (Å²) in [5.41, 5.74) is 1.03. The van der Waals surface area contributed by atoms with Crippen LogP contribution in [0.4, 0.5) is 0 Å². The minimum atomic E-state index is -0.490. The molecule has 0 fully saturated rings. The van der Waals surface area contributed by atoms with Gasteiger partial charge in [-0.05, 0) is 26.3 Å². The molecule has 1 aliphatic heterocycles. The first-order valence-corrected chi connectivity index (χ1v) is 8.09. The lowest BCUT2D eigenvalue weighted by Gasteiger charge is -2.16. The number of rotatable bonds is 7. The number of carbonyl (C=O) groups excluding carboxylic acids is 3. The van der Waals surface area contributed by atoms with E-state index in [4.69, 9.17) is 11.6 Å². The van der Waals surface area contributed by atoms with E-state index in [0.29, 0.717) is 17.2 Å². The molecule has 24 heavy (non-hydrogen) atoms. The van der Waals surface area contributed by atoms with Gasteiger partial charge in [-0.2, -0.15) is 0 Å². The molecule has 0 spiro atoms. The molecule has 0 bridgehead atoms. The van der Waals surface area contributed by atoms with E-state index in [9.17, 15) is 14.4 Å². The van der Waals surface area contributed by atoms with Gasteiger partial charge in [0.2, 0.25) is 5.91 Å². The molecule has 0 radical (unpaired) electrons. The van der Waals surface area contributed by atoms with E-state index in [0.717, 1.165) is 4.90 Å². The van der Waals surface area contributed by atoms with Crippen molar-refractivity contribution >= 4 is 29.3 Å². The molecule has 3 amide bonds. The molecule has 0 saturated heterocycles. The maximum Gasteiger partial charge on any atom is 0.262 e. The Morgan fingerprint density at radius 1 is 1.33 bits per heavy atom. The molecule has 1 N–H and O–H groups in total. The van der Waals surface area contributed by atoms with E-state index in [1.807, 2.05) is 13.8 Å². The minimum Gasteiger partial charge on any atom is -0.354 e. The average Bonchev–Trinajstić information content (AvgIpc) is 2.76. The first-order valence-electron chi connectivity index (χ1n) is 7.72. The zero-order valence-electron chi connectivity index (χ0n) is 14.5. The van der Waals surface area contributed by atoms with Gasteiger partial charge in [0.25, 0.3) is 11.8 Å². The van der Waals surface area contributed by atoms with Gasteiger partial charge in [-0.25, -0.2) is 0 Å². The monoisotopic (exact) mass is 350 g/mol. The number of amides is 3. The summed E-state index contributed by atoms with van der Waals surface area (Å²) in [5, 5.41) is 3.33. The fourth-order valence-corrected chi connectivity index (χ4v) is 2.40. The molecule has 0 saturated carbocycles. The second-order valence-corrected chi connectivity index (χ2v) is 6.08. The fourth-order valence-electron chi connectivity index (χ4n) is 2.32. The van der Waals surface area contributed by atoms with Crippen LogP contribution in [0.3, 0.4) is 0 Å². The number of halogens is 1. The van der Waals surface area contributed by atoms with Crippen molar-refractivity contribution in [1.29, 1.82) is 0 Å². The van der Waals surface area contributed by atoms with E-state index >= 15 is 0 Å². The Morgan fingerprint density at radius 2 is 1.96 bits per heavy atom. The highest BCUT2D eigenvalue weighted by molar-refractivity contribution is 6.29. The van der Waals surface area contributed by atoms with E-state index in [1.54, 1.807) is 32.1 Å². The van der Waals surface area contributed by atoms with Crippen molar-refractivity contribution in [2.24, 2.45) is 5.92 Å². The van der Waals surface area contributed by atoms with E-state index in [1.165, 1.54) is 0 Å². The molecule has 5 nitrogen and oxygen atoms in total. The smallest absolute Gasteiger partial charge is 0.262 e. The van der Waals surface area contributed by atoms with Crippen molar-refractivity contribution in [3.63, 3.8) is 0 Å². The van der Waals surface area contributed by atoms with E-state index in [2.05, 4.69) is 11.9 Å². The van der Waals surface area contributed by atoms with Gasteiger partial charge in [-0.15, -0.1) is 0 Å². The van der Waals surface area contributed by atoms with Gasteiger partial charge in [-0.1, -0.05) is 43.3 Å². The molecule has 1 atom stereocenters. The van der Waals surface area contributed by atoms with Crippen molar-refractivity contribution < 1.29 is 14.4 Å². The lowest BCUT2D eigenvalue weighted by atomic mass is 10.0. The van der Waals surface area contributed by atoms with Crippen LogP contribution < -0.4 is 5.32 Å². The number of carbonyl (C=O) groups is 3. The van der Waals surface area contributed by atoms with Crippen LogP contribution in [0.1, 0.15) is 27.7 Å². The predicted octanol–water partition coefficient (Wildman–Crippen LogP) is 2.70. The maximum absolute atomic E-state index is 12.4. The Kier molecular flexibility index (Phi) is 7.17. The van der Waals surface area contributed by atoms with Gasteiger partial charge in [0.15, 0.2) is 0 Å². The van der Waals surface area contributed by atoms with E-state index in [-0.39, 0.29) is 23.6 Å². The Hall–Kier alpha value is -2.14. The van der Waals surface area contributed by atoms with Crippen molar-refractivity contribution in [1.82, 2.24) is 10.2 Å². The van der Waals surface area contributed by atoms with Crippen molar-refractivity contribution in [2.45, 2.75) is 27.7 Å². The summed E-state index contributed by atoms with van der Waals surface area (Å²) in [6.45, 7) is 10.9. The van der Waals surface area contributed by atoms with Crippen LogP contribution in [-0.2, 0) is 14.4 Å². The summed E-state index contributed by atoms with van der Waals surface area (Å²) < 4.78 is 0. The van der Waals surface area contributed by atoms with E-state index < -0.39 is 17.7 Å². The zero-order chi connectivity index (χ0) is 18.4. The van der Waals surface area contributed by atoms with Gasteiger partial charge in [-0.3, -0.25) is 19.3 Å². The lowest BCUT2D eigenvalue weighted by molar-refractivity contribution is -0.141. The molecule has 0 aromatic heterocycles. The summed E-state index contributed by atoms with van der Waals surface area (Å²) in [6, 6.07) is 0. The van der Waals surface area contributed by atoms with Crippen molar-refractivity contribution in [3.05, 3.63) is 46.6 Å². The first-order chi connectivity index (χ1) is 11.2. The van der Waals surface area contributed by atoms with Gasteiger partial charge in [0, 0.05) is 17.5 Å². The second kappa shape index (κ2) is 8.64. The molecule has 1 unspecified atom stereocenters. The lowest BCUT2D eigenvalue weighted by Crippen LogP contribution is -2.42. The predicted molar refractivity (Wildman–Crippen MR) is 95.2 cm³/mol. The highest BCUT2D eigenvalue weighted by Gasteiger charge is 2.38. The average molecular weight is 351 g/mol. The highest BCUT2D eigenvalue weighted by atomic mass is 35.5. The molecular weight excluding hydrogens is 328 g/mol. The highest BCUT2D eigenvalue weighted by Crippen LogP contribution is 2.26. The van der Waals surface area contributed by atoms with Crippen molar-refractivity contribution in [2.75, 3.05) is 13.1 Å². The topological polar surface area (TPSA) is 66.5 Å². The molecule has 0 aromatic carbocycles. The third kappa shape index (κ3) is 4.45. The van der Waals surface area contributed by atoms with Crippen molar-refractivity contribution in [3.8, 4) is 0 Å². The largest absolute Gasteiger partial charge is 0.354 e. The van der Waals surface area contributed by atoms with Gasteiger partial charge < -0.3 is 5.32 Å². The third-order valence-corrected chi connectivity index (χ3v) is 4.21. The normalized spacial score (nSPS) is 17.0. The van der Waals surface area contributed by atoms with Crippen LogP contribution in [0.5, 0.6) is 0 Å². The number of imide groups is 1. The number of nitrogens with one attached hydrogen (secondary N) is 1. The number of allylic oxidation sites excluding steroid dienone is 2. The van der Waals surface area contributed by atoms with Crippen LogP contribution in [-0.4, -0.2) is 35.7 Å². The maximum atomic E-state index is 12.4. The van der Waals surface area contributed by atoms with Gasteiger partial charge in [0.1, 0.15) is 6.54 Å². The zero-order valence-corrected chi connectivity index (χ0v) is 15.2. The summed E-state index contributed by atoms with van der Waals surface area (Å²) in [5.74, 6) is -1.42. The summed E-state index contributed by atoms with van der Waals surface area (Å²) in [6.07, 6.45) is 5.00. The van der Waals surface area contributed by atoms with Gasteiger partial charge >= 0.3 is 0 Å². The Bertz CT molecular complexity index is 659. The molecule has 1 aliphatic rings. The summed E-state index contributed by atoms with van der Waals surface area (Å²) >= 11 is 5.99. The standard InChI is InChI=1S/C18H23ClN2O3/c1-6-8-13-16(11(3)4)18(24)21(17(13)23)10-15(22)20-9-12(5)14(19)7-2/h6-8,12H,3,9-10H2,1-2,4-5H3,(H,20,22)/b8-6-,14-7+. The molecule has 0 aliphatic carbocycles. The molecule has 130 valence electrons. The Labute approximate surface area is 147 Å². The molecule has 0 aromatic rings. The fraction of sp³-hybridized carbons (Fsp3) is 0.389. The first kappa shape index (κ1) is 19.9. The number of hydrogen-bond acceptors (Lipinski definition) is 3. The molecule has 1 rings (SSSR count). The molecular formula is C18H23ClN2O3. The van der Waals surface area contributed by atoms with Crippen LogP contribution >= 0.6 is 11.6 Å². The summed E-state index contributed by atoms with van der Waals surface area (Å²) in [7, 11) is 0. The van der Waals surface area contributed by atoms with Crippen LogP contribution in [0.15, 0.2) is 46.6 Å². The number of nitrogens with zero attached hydrogens (tertiary/aromatic N) is 1. The van der Waals surface area contributed by atoms with Crippen LogP contribution in [0.25, 0.3) is 0 Å². The second-order valence-electron chi connectivity index (χ2n) is 5.64. The summed E-state index contributed by atoms with van der Waals surface area (Å²) in [4.78, 5) is 37.8.